The Bertz CT molecular complexity index is 798. The largest absolute Gasteiger partial charge is 0.397 e. The lowest BCUT2D eigenvalue weighted by Gasteiger charge is -2.33. The van der Waals surface area contributed by atoms with E-state index in [-0.39, 0.29) is 0 Å². The van der Waals surface area contributed by atoms with E-state index in [9.17, 15) is 0 Å². The van der Waals surface area contributed by atoms with Crippen LogP contribution in [0.5, 0.6) is 0 Å². The van der Waals surface area contributed by atoms with E-state index in [1.807, 2.05) is 53.2 Å². The summed E-state index contributed by atoms with van der Waals surface area (Å²) >= 11 is 6.19. The van der Waals surface area contributed by atoms with E-state index >= 15 is 0 Å². The van der Waals surface area contributed by atoms with Gasteiger partial charge >= 0.3 is 0 Å². The number of halogens is 1. The van der Waals surface area contributed by atoms with Crippen molar-refractivity contribution in [2.45, 2.75) is 12.5 Å². The molecule has 5 heteroatoms. The molecular weight excluding hydrogens is 296 g/mol. The standard InChI is InChI=1S/C17H17ClN4/c1-17(22-8-7-21-11-22,12-3-2-4-14(18)9-12)13-5-6-15(19)16(20)10-13/h2-11H,19-20H2,1H3. The van der Waals surface area contributed by atoms with Gasteiger partial charge in [0.2, 0.25) is 0 Å². The van der Waals surface area contributed by atoms with Crippen molar-refractivity contribution in [3.8, 4) is 0 Å². The van der Waals surface area contributed by atoms with Gasteiger partial charge in [-0.1, -0.05) is 29.8 Å². The van der Waals surface area contributed by atoms with Crippen LogP contribution in [0.2, 0.25) is 5.02 Å². The first-order chi connectivity index (χ1) is 10.5. The van der Waals surface area contributed by atoms with E-state index < -0.39 is 5.54 Å². The van der Waals surface area contributed by atoms with Gasteiger partial charge in [0.1, 0.15) is 0 Å². The third-order valence-corrected chi connectivity index (χ3v) is 4.29. The Balaban J connectivity index is 2.26. The van der Waals surface area contributed by atoms with Crippen LogP contribution in [0.1, 0.15) is 18.1 Å². The molecule has 0 amide bonds. The average Bonchev–Trinajstić information content (AvgIpc) is 3.04. The van der Waals surface area contributed by atoms with Gasteiger partial charge in [-0.3, -0.25) is 0 Å². The Kier molecular flexibility index (Phi) is 3.54. The molecule has 0 radical (unpaired) electrons. The lowest BCUT2D eigenvalue weighted by molar-refractivity contribution is 0.475. The van der Waals surface area contributed by atoms with Gasteiger partial charge in [0.25, 0.3) is 0 Å². The van der Waals surface area contributed by atoms with Gasteiger partial charge in [-0.2, -0.15) is 0 Å². The number of hydrogen-bond acceptors (Lipinski definition) is 3. The summed E-state index contributed by atoms with van der Waals surface area (Å²) in [7, 11) is 0. The summed E-state index contributed by atoms with van der Waals surface area (Å²) in [6, 6.07) is 13.5. The maximum Gasteiger partial charge on any atom is 0.0956 e. The molecule has 0 bridgehead atoms. The number of benzene rings is 2. The third kappa shape index (κ3) is 2.31. The van der Waals surface area contributed by atoms with Crippen molar-refractivity contribution >= 4 is 23.0 Å². The first-order valence-electron chi connectivity index (χ1n) is 6.92. The number of nitrogen functional groups attached to an aromatic ring is 2. The zero-order valence-electron chi connectivity index (χ0n) is 12.2. The summed E-state index contributed by atoms with van der Waals surface area (Å²) in [5, 5.41) is 0.687. The number of anilines is 2. The summed E-state index contributed by atoms with van der Waals surface area (Å²) in [6.45, 7) is 2.10. The minimum absolute atomic E-state index is 0.483. The highest BCUT2D eigenvalue weighted by atomic mass is 35.5. The molecule has 4 N–H and O–H groups in total. The van der Waals surface area contributed by atoms with Gasteiger partial charge in [-0.25, -0.2) is 4.98 Å². The predicted octanol–water partition coefficient (Wildman–Crippen LogP) is 3.51. The molecule has 4 nitrogen and oxygen atoms in total. The van der Waals surface area contributed by atoms with Gasteiger partial charge in [-0.05, 0) is 42.3 Å². The van der Waals surface area contributed by atoms with Crippen molar-refractivity contribution in [1.82, 2.24) is 9.55 Å². The lowest BCUT2D eigenvalue weighted by atomic mass is 9.84. The number of nitrogens with two attached hydrogens (primary N) is 2. The molecule has 0 aliphatic rings. The predicted molar refractivity (Wildman–Crippen MR) is 90.8 cm³/mol. The van der Waals surface area contributed by atoms with Gasteiger partial charge in [0, 0.05) is 17.4 Å². The van der Waals surface area contributed by atoms with Gasteiger partial charge in [0.15, 0.2) is 0 Å². The molecule has 1 heterocycles. The van der Waals surface area contributed by atoms with Crippen LogP contribution in [0.25, 0.3) is 0 Å². The molecule has 0 aliphatic heterocycles. The number of rotatable bonds is 3. The van der Waals surface area contributed by atoms with E-state index in [1.165, 1.54) is 0 Å². The molecule has 22 heavy (non-hydrogen) atoms. The fraction of sp³-hybridized carbons (Fsp3) is 0.118. The van der Waals surface area contributed by atoms with E-state index in [4.69, 9.17) is 23.1 Å². The smallest absolute Gasteiger partial charge is 0.0956 e. The van der Waals surface area contributed by atoms with E-state index in [0.717, 1.165) is 11.1 Å². The van der Waals surface area contributed by atoms with Crippen molar-refractivity contribution < 1.29 is 0 Å². The number of hydrogen-bond donors (Lipinski definition) is 2. The monoisotopic (exact) mass is 312 g/mol. The van der Waals surface area contributed by atoms with E-state index in [1.54, 1.807) is 12.5 Å². The van der Waals surface area contributed by atoms with Crippen LogP contribution >= 0.6 is 11.6 Å². The number of nitrogens with zero attached hydrogens (tertiary/aromatic N) is 2. The first-order valence-corrected chi connectivity index (χ1v) is 7.29. The van der Waals surface area contributed by atoms with Gasteiger partial charge in [0.05, 0.1) is 23.2 Å². The Morgan fingerprint density at radius 1 is 1.05 bits per heavy atom. The molecule has 0 saturated heterocycles. The van der Waals surface area contributed by atoms with Gasteiger partial charge < -0.3 is 16.0 Å². The quantitative estimate of drug-likeness (QED) is 0.727. The highest BCUT2D eigenvalue weighted by Crippen LogP contribution is 2.36. The Morgan fingerprint density at radius 3 is 2.45 bits per heavy atom. The summed E-state index contributed by atoms with van der Waals surface area (Å²) < 4.78 is 2.03. The molecule has 3 rings (SSSR count). The van der Waals surface area contributed by atoms with E-state index in [0.29, 0.717) is 16.4 Å². The Labute approximate surface area is 134 Å². The second-order valence-electron chi connectivity index (χ2n) is 5.40. The van der Waals surface area contributed by atoms with Crippen LogP contribution < -0.4 is 11.5 Å². The minimum atomic E-state index is -0.483. The summed E-state index contributed by atoms with van der Waals surface area (Å²) in [5.41, 5.74) is 14.6. The lowest BCUT2D eigenvalue weighted by Crippen LogP contribution is -2.32. The third-order valence-electron chi connectivity index (χ3n) is 4.06. The zero-order chi connectivity index (χ0) is 15.7. The minimum Gasteiger partial charge on any atom is -0.397 e. The summed E-state index contributed by atoms with van der Waals surface area (Å²) in [4.78, 5) is 4.18. The molecule has 0 saturated carbocycles. The molecule has 0 fully saturated rings. The molecule has 0 aliphatic carbocycles. The van der Waals surface area contributed by atoms with Crippen LogP contribution in [0.4, 0.5) is 11.4 Å². The first kappa shape index (κ1) is 14.5. The zero-order valence-corrected chi connectivity index (χ0v) is 13.0. The fourth-order valence-corrected chi connectivity index (χ4v) is 2.85. The number of imidazole rings is 1. The van der Waals surface area contributed by atoms with Crippen molar-refractivity contribution in [3.63, 3.8) is 0 Å². The van der Waals surface area contributed by atoms with E-state index in [2.05, 4.69) is 11.9 Å². The van der Waals surface area contributed by atoms with Crippen molar-refractivity contribution in [3.05, 3.63) is 77.3 Å². The number of aromatic nitrogens is 2. The molecule has 1 unspecified atom stereocenters. The normalized spacial score (nSPS) is 13.7. The topological polar surface area (TPSA) is 69.9 Å². The van der Waals surface area contributed by atoms with Crippen molar-refractivity contribution in [2.75, 3.05) is 11.5 Å². The van der Waals surface area contributed by atoms with Gasteiger partial charge in [-0.15, -0.1) is 0 Å². The highest BCUT2D eigenvalue weighted by Gasteiger charge is 2.31. The van der Waals surface area contributed by atoms with Crippen LogP contribution in [-0.2, 0) is 5.54 Å². The Morgan fingerprint density at radius 2 is 1.82 bits per heavy atom. The fourth-order valence-electron chi connectivity index (χ4n) is 2.66. The SMILES string of the molecule is CC(c1cccc(Cl)c1)(c1ccc(N)c(N)c1)n1ccnc1. The molecule has 2 aromatic carbocycles. The molecule has 1 aromatic heterocycles. The van der Waals surface area contributed by atoms with Crippen LogP contribution in [-0.4, -0.2) is 9.55 Å². The molecule has 112 valence electrons. The van der Waals surface area contributed by atoms with Crippen LogP contribution in [0.15, 0.2) is 61.2 Å². The second-order valence-corrected chi connectivity index (χ2v) is 5.83. The van der Waals surface area contributed by atoms with Crippen LogP contribution in [0.3, 0.4) is 0 Å². The van der Waals surface area contributed by atoms with Crippen LogP contribution in [0, 0.1) is 0 Å². The summed E-state index contributed by atoms with van der Waals surface area (Å²) in [6.07, 6.45) is 5.46. The molecule has 3 aromatic rings. The molecular formula is C17H17ClN4. The average molecular weight is 313 g/mol. The Hall–Kier alpha value is -2.46. The van der Waals surface area contributed by atoms with Crippen molar-refractivity contribution in [2.24, 2.45) is 0 Å². The highest BCUT2D eigenvalue weighted by molar-refractivity contribution is 6.30. The maximum absolute atomic E-state index is 6.19. The maximum atomic E-state index is 6.19. The molecule has 0 spiro atoms. The molecule has 1 atom stereocenters. The summed E-state index contributed by atoms with van der Waals surface area (Å²) in [5.74, 6) is 0. The second kappa shape index (κ2) is 5.39. The van der Waals surface area contributed by atoms with Crippen molar-refractivity contribution in [1.29, 1.82) is 0 Å².